The first-order chi connectivity index (χ1) is 12.6. The van der Waals surface area contributed by atoms with Gasteiger partial charge < -0.3 is 10.6 Å². The van der Waals surface area contributed by atoms with E-state index in [0.717, 1.165) is 39.6 Å². The highest BCUT2D eigenvalue weighted by Crippen LogP contribution is 2.34. The van der Waals surface area contributed by atoms with Crippen molar-refractivity contribution < 1.29 is 4.79 Å². The van der Waals surface area contributed by atoms with E-state index in [1.54, 1.807) is 17.7 Å². The maximum atomic E-state index is 12.3. The van der Waals surface area contributed by atoms with E-state index < -0.39 is 0 Å². The molecule has 3 aromatic rings. The monoisotopic (exact) mass is 422 g/mol. The van der Waals surface area contributed by atoms with Crippen molar-refractivity contribution in [2.45, 2.75) is 32.3 Å². The third-order valence-electron chi connectivity index (χ3n) is 4.06. The number of fused-ring (bicyclic) bond motifs is 1. The number of aryl methyl sites for hydroxylation is 2. The van der Waals surface area contributed by atoms with Crippen molar-refractivity contribution in [2.24, 2.45) is 0 Å². The summed E-state index contributed by atoms with van der Waals surface area (Å²) < 4.78 is 0. The molecule has 3 rings (SSSR count). The lowest BCUT2D eigenvalue weighted by Gasteiger charge is -2.08. The van der Waals surface area contributed by atoms with E-state index in [-0.39, 0.29) is 18.3 Å². The van der Waals surface area contributed by atoms with Gasteiger partial charge >= 0.3 is 0 Å². The van der Waals surface area contributed by atoms with Gasteiger partial charge in [-0.05, 0) is 43.7 Å². The smallest absolute Gasteiger partial charge is 0.234 e. The highest BCUT2D eigenvalue weighted by atomic mass is 35.5. The van der Waals surface area contributed by atoms with E-state index in [9.17, 15) is 4.79 Å². The first-order valence-corrected chi connectivity index (χ1v) is 10.3. The number of aromatic nitrogens is 2. The summed E-state index contributed by atoms with van der Waals surface area (Å²) in [4.78, 5) is 23.3. The molecule has 0 aliphatic carbocycles. The third-order valence-corrected chi connectivity index (χ3v) is 6.17. The number of halogens is 1. The quantitative estimate of drug-likeness (QED) is 0.431. The second kappa shape index (κ2) is 10.0. The number of nitrogens with zero attached hydrogens (tertiary/aromatic N) is 2. The van der Waals surface area contributed by atoms with Crippen LogP contribution >= 0.6 is 35.5 Å². The number of nitrogens with one attached hydrogen (secondary N) is 2. The molecular formula is C19H23ClN4OS2. The van der Waals surface area contributed by atoms with Gasteiger partial charge in [0.15, 0.2) is 0 Å². The number of hydrogen-bond donors (Lipinski definition) is 2. The number of amides is 1. The largest absolute Gasteiger partial charge is 0.325 e. The van der Waals surface area contributed by atoms with Crippen molar-refractivity contribution in [2.75, 3.05) is 17.6 Å². The van der Waals surface area contributed by atoms with Gasteiger partial charge in [0.05, 0.1) is 5.75 Å². The molecule has 8 heteroatoms. The summed E-state index contributed by atoms with van der Waals surface area (Å²) in [6, 6.07) is 7.92. The molecular weight excluding hydrogens is 400 g/mol. The Morgan fingerprint density at radius 1 is 1.26 bits per heavy atom. The van der Waals surface area contributed by atoms with E-state index in [4.69, 9.17) is 0 Å². The van der Waals surface area contributed by atoms with Gasteiger partial charge in [-0.1, -0.05) is 30.8 Å². The van der Waals surface area contributed by atoms with Crippen LogP contribution in [0.2, 0.25) is 0 Å². The average molecular weight is 423 g/mol. The SMILES string of the molecule is CCNCc1cccc(NC(=O)CSc2ncnc3sc(C)c(C)c23)c1.Cl. The Balaban J connectivity index is 0.00000261. The fourth-order valence-electron chi connectivity index (χ4n) is 2.62. The number of thiophene rings is 1. The van der Waals surface area contributed by atoms with E-state index in [1.807, 2.05) is 24.3 Å². The molecule has 0 saturated heterocycles. The van der Waals surface area contributed by atoms with Crippen molar-refractivity contribution >= 4 is 57.3 Å². The van der Waals surface area contributed by atoms with Crippen molar-refractivity contribution in [3.05, 3.63) is 46.6 Å². The molecule has 0 radical (unpaired) electrons. The van der Waals surface area contributed by atoms with Crippen molar-refractivity contribution in [1.82, 2.24) is 15.3 Å². The average Bonchev–Trinajstić information content (AvgIpc) is 2.93. The lowest BCUT2D eigenvalue weighted by Crippen LogP contribution is -2.15. The lowest BCUT2D eigenvalue weighted by molar-refractivity contribution is -0.113. The Morgan fingerprint density at radius 3 is 2.85 bits per heavy atom. The number of carbonyl (C=O) groups excluding carboxylic acids is 1. The fourth-order valence-corrected chi connectivity index (χ4v) is 4.54. The molecule has 2 N–H and O–H groups in total. The summed E-state index contributed by atoms with van der Waals surface area (Å²) in [7, 11) is 0. The zero-order chi connectivity index (χ0) is 18.5. The molecule has 2 aromatic heterocycles. The minimum Gasteiger partial charge on any atom is -0.325 e. The number of benzene rings is 1. The summed E-state index contributed by atoms with van der Waals surface area (Å²) in [5.41, 5.74) is 3.17. The molecule has 27 heavy (non-hydrogen) atoms. The summed E-state index contributed by atoms with van der Waals surface area (Å²) >= 11 is 3.12. The van der Waals surface area contributed by atoms with Crippen LogP contribution in [0.15, 0.2) is 35.6 Å². The Bertz CT molecular complexity index is 929. The molecule has 5 nitrogen and oxygen atoms in total. The first-order valence-electron chi connectivity index (χ1n) is 8.51. The molecule has 1 amide bonds. The van der Waals surface area contributed by atoms with Crippen molar-refractivity contribution in [3.63, 3.8) is 0 Å². The number of carbonyl (C=O) groups is 1. The minimum absolute atomic E-state index is 0. The van der Waals surface area contributed by atoms with Crippen LogP contribution in [0.3, 0.4) is 0 Å². The lowest BCUT2D eigenvalue weighted by atomic mass is 10.2. The first kappa shape index (κ1) is 21.6. The predicted molar refractivity (Wildman–Crippen MR) is 117 cm³/mol. The van der Waals surface area contributed by atoms with Crippen LogP contribution < -0.4 is 10.6 Å². The standard InChI is InChI=1S/C19H22N4OS2.ClH/c1-4-20-9-14-6-5-7-15(8-14)23-16(24)10-25-18-17-12(2)13(3)26-19(17)22-11-21-18;/h5-8,11,20H,4,9-10H2,1-3H3,(H,23,24);1H. The second-order valence-corrected chi connectivity index (χ2v) is 8.13. The molecule has 0 unspecified atom stereocenters. The maximum absolute atomic E-state index is 12.3. The molecule has 0 aliphatic rings. The van der Waals surface area contributed by atoms with Gasteiger partial charge in [0.1, 0.15) is 16.2 Å². The molecule has 0 fully saturated rings. The van der Waals surface area contributed by atoms with Gasteiger partial charge in [-0.15, -0.1) is 23.7 Å². The highest BCUT2D eigenvalue weighted by molar-refractivity contribution is 8.00. The van der Waals surface area contributed by atoms with E-state index >= 15 is 0 Å². The Kier molecular flexibility index (Phi) is 8.04. The van der Waals surface area contributed by atoms with E-state index in [0.29, 0.717) is 5.75 Å². The molecule has 0 aliphatic heterocycles. The zero-order valence-electron chi connectivity index (χ0n) is 15.5. The van der Waals surface area contributed by atoms with E-state index in [1.165, 1.54) is 22.2 Å². The number of thioether (sulfide) groups is 1. The van der Waals surface area contributed by atoms with Gasteiger partial charge in [0, 0.05) is 22.5 Å². The van der Waals surface area contributed by atoms with E-state index in [2.05, 4.69) is 41.4 Å². The normalized spacial score (nSPS) is 10.6. The van der Waals surface area contributed by atoms with Crippen LogP contribution in [0.1, 0.15) is 22.9 Å². The van der Waals surface area contributed by atoms with Gasteiger partial charge in [-0.25, -0.2) is 9.97 Å². The fraction of sp³-hybridized carbons (Fsp3) is 0.316. The molecule has 2 heterocycles. The molecule has 0 spiro atoms. The van der Waals surface area contributed by atoms with Crippen molar-refractivity contribution in [1.29, 1.82) is 0 Å². The molecule has 0 bridgehead atoms. The zero-order valence-corrected chi connectivity index (χ0v) is 18.0. The Hall–Kier alpha value is -1.67. The number of rotatable bonds is 7. The predicted octanol–water partition coefficient (Wildman–Crippen LogP) is 4.57. The highest BCUT2D eigenvalue weighted by Gasteiger charge is 2.13. The van der Waals surface area contributed by atoms with Gasteiger partial charge in [-0.3, -0.25) is 4.79 Å². The Morgan fingerprint density at radius 2 is 2.07 bits per heavy atom. The minimum atomic E-state index is -0.0352. The number of hydrogen-bond acceptors (Lipinski definition) is 6. The third kappa shape index (κ3) is 5.42. The number of anilines is 1. The molecule has 144 valence electrons. The van der Waals surface area contributed by atoms with Crippen LogP contribution in [0.4, 0.5) is 5.69 Å². The summed E-state index contributed by atoms with van der Waals surface area (Å²) in [5, 5.41) is 8.19. The molecule has 1 aromatic carbocycles. The van der Waals surface area contributed by atoms with Crippen LogP contribution in [0.5, 0.6) is 0 Å². The van der Waals surface area contributed by atoms with Gasteiger partial charge in [0.25, 0.3) is 0 Å². The second-order valence-electron chi connectivity index (χ2n) is 5.96. The van der Waals surface area contributed by atoms with Crippen LogP contribution in [0.25, 0.3) is 10.2 Å². The topological polar surface area (TPSA) is 66.9 Å². The maximum Gasteiger partial charge on any atom is 0.234 e. The van der Waals surface area contributed by atoms with Crippen molar-refractivity contribution in [3.8, 4) is 0 Å². The van der Waals surface area contributed by atoms with Gasteiger partial charge in [-0.2, -0.15) is 0 Å². The summed E-state index contributed by atoms with van der Waals surface area (Å²) in [5.74, 6) is 0.282. The Labute approximate surface area is 173 Å². The summed E-state index contributed by atoms with van der Waals surface area (Å²) in [6.45, 7) is 7.96. The molecule has 0 saturated carbocycles. The van der Waals surface area contributed by atoms with Gasteiger partial charge in [0.2, 0.25) is 5.91 Å². The van der Waals surface area contributed by atoms with Crippen LogP contribution in [0, 0.1) is 13.8 Å². The molecule has 0 atom stereocenters. The van der Waals surface area contributed by atoms with Crippen LogP contribution in [-0.4, -0.2) is 28.2 Å². The van der Waals surface area contributed by atoms with Crippen LogP contribution in [-0.2, 0) is 11.3 Å². The summed E-state index contributed by atoms with van der Waals surface area (Å²) in [6.07, 6.45) is 1.57.